The molecule has 0 aromatic carbocycles. The Hall–Kier alpha value is -2.32. The summed E-state index contributed by atoms with van der Waals surface area (Å²) in [5.74, 6) is -4.03. The number of rotatable bonds is 9. The van der Waals surface area contributed by atoms with Crippen LogP contribution in [0.3, 0.4) is 0 Å². The number of aliphatic hydroxyl groups is 3. The van der Waals surface area contributed by atoms with Gasteiger partial charge in [-0.2, -0.15) is 0 Å². The number of carboxylic acids is 3. The van der Waals surface area contributed by atoms with Crippen molar-refractivity contribution in [3.05, 3.63) is 0 Å². The first-order chi connectivity index (χ1) is 12.3. The van der Waals surface area contributed by atoms with Crippen LogP contribution in [0, 0.1) is 0 Å². The first kappa shape index (κ1) is 29.4. The third-order valence-corrected chi connectivity index (χ3v) is 2.32. The van der Waals surface area contributed by atoms with E-state index < -0.39 is 54.8 Å². The van der Waals surface area contributed by atoms with Crippen LogP contribution in [0.1, 0.15) is 26.7 Å². The van der Waals surface area contributed by atoms with Crippen LogP contribution in [0.2, 0.25) is 0 Å². The van der Waals surface area contributed by atoms with Gasteiger partial charge in [0.25, 0.3) is 0 Å². The van der Waals surface area contributed by atoms with Gasteiger partial charge in [-0.3, -0.25) is 19.2 Å². The molecule has 0 heterocycles. The van der Waals surface area contributed by atoms with Crippen molar-refractivity contribution >= 4 is 23.9 Å². The third kappa shape index (κ3) is 23.7. The third-order valence-electron chi connectivity index (χ3n) is 2.32. The molecular formula is C14H28N2O11. The van der Waals surface area contributed by atoms with E-state index in [4.69, 9.17) is 42.1 Å². The number of aliphatic hydroxyl groups excluding tert-OH is 3. The van der Waals surface area contributed by atoms with Crippen molar-refractivity contribution in [1.82, 2.24) is 0 Å². The summed E-state index contributed by atoms with van der Waals surface area (Å²) in [7, 11) is 0. The molecule has 0 aliphatic rings. The van der Waals surface area contributed by atoms with Crippen LogP contribution in [-0.4, -0.2) is 92.0 Å². The van der Waals surface area contributed by atoms with Gasteiger partial charge in [0.15, 0.2) is 0 Å². The van der Waals surface area contributed by atoms with Gasteiger partial charge >= 0.3 is 23.9 Å². The van der Waals surface area contributed by atoms with Gasteiger partial charge < -0.3 is 46.8 Å². The topological polar surface area (TPSA) is 251 Å². The molecule has 0 saturated carbocycles. The number of hydrogen-bond donors (Lipinski definition) is 8. The first-order valence-electron chi connectivity index (χ1n) is 7.57. The van der Waals surface area contributed by atoms with Crippen molar-refractivity contribution in [3.63, 3.8) is 0 Å². The van der Waals surface area contributed by atoms with E-state index in [0.29, 0.717) is 0 Å². The number of aliphatic carboxylic acids is 3. The monoisotopic (exact) mass is 400 g/mol. The summed E-state index contributed by atoms with van der Waals surface area (Å²) in [6.07, 6.45) is -2.28. The molecule has 0 fully saturated rings. The van der Waals surface area contributed by atoms with E-state index >= 15 is 0 Å². The van der Waals surface area contributed by atoms with Gasteiger partial charge in [0.2, 0.25) is 0 Å². The molecule has 0 radical (unpaired) electrons. The number of carboxylic acid groups (broad SMARTS) is 3. The Morgan fingerprint density at radius 2 is 1.33 bits per heavy atom. The maximum atomic E-state index is 10.7. The normalized spacial score (nSPS) is 14.0. The first-order valence-corrected chi connectivity index (χ1v) is 7.57. The predicted molar refractivity (Wildman–Crippen MR) is 89.5 cm³/mol. The van der Waals surface area contributed by atoms with Crippen LogP contribution in [0.25, 0.3) is 0 Å². The maximum Gasteiger partial charge on any atom is 0.325 e. The maximum absolute atomic E-state index is 10.7. The van der Waals surface area contributed by atoms with Crippen LogP contribution in [0.4, 0.5) is 0 Å². The van der Waals surface area contributed by atoms with Crippen molar-refractivity contribution in [2.24, 2.45) is 11.5 Å². The van der Waals surface area contributed by atoms with E-state index in [0.717, 1.165) is 0 Å². The highest BCUT2D eigenvalue weighted by atomic mass is 16.5. The van der Waals surface area contributed by atoms with Gasteiger partial charge in [-0.25, -0.2) is 0 Å². The van der Waals surface area contributed by atoms with Gasteiger partial charge in [0, 0.05) is 0 Å². The molecule has 0 aromatic heterocycles. The number of nitrogens with two attached hydrogens (primary N) is 2. The van der Waals surface area contributed by atoms with E-state index in [1.54, 1.807) is 0 Å². The van der Waals surface area contributed by atoms with Crippen molar-refractivity contribution in [2.75, 3.05) is 13.2 Å². The van der Waals surface area contributed by atoms with Crippen LogP contribution < -0.4 is 11.5 Å². The largest absolute Gasteiger partial charge is 0.481 e. The Bertz CT molecular complexity index is 440. The summed E-state index contributed by atoms with van der Waals surface area (Å²) in [6, 6.07) is -2.16. The molecule has 13 nitrogen and oxygen atoms in total. The Labute approximate surface area is 155 Å². The molecule has 1 unspecified atom stereocenters. The summed E-state index contributed by atoms with van der Waals surface area (Å²) < 4.78 is 4.48. The lowest BCUT2D eigenvalue weighted by molar-refractivity contribution is -0.148. The Morgan fingerprint density at radius 1 is 0.926 bits per heavy atom. The minimum Gasteiger partial charge on any atom is -0.481 e. The second-order valence-electron chi connectivity index (χ2n) is 5.16. The number of ether oxygens (including phenoxy) is 1. The average Bonchev–Trinajstić information content (AvgIpc) is 2.57. The summed E-state index contributed by atoms with van der Waals surface area (Å²) in [5.41, 5.74) is 10.0. The molecule has 0 rings (SSSR count). The molecule has 0 spiro atoms. The lowest BCUT2D eigenvalue weighted by atomic mass is 10.2. The fourth-order valence-corrected chi connectivity index (χ4v) is 0.805. The van der Waals surface area contributed by atoms with Gasteiger partial charge in [-0.05, 0) is 13.8 Å². The molecule has 0 bridgehead atoms. The SMILES string of the molecule is CC(O)COC(=O)[C@@H](N)CO.C[C@@H](O)[C@H](N)C(=O)O.O=C(O)CCC(=O)O. The summed E-state index contributed by atoms with van der Waals surface area (Å²) in [6.45, 7) is 2.28. The van der Waals surface area contributed by atoms with Crippen molar-refractivity contribution in [1.29, 1.82) is 0 Å². The van der Waals surface area contributed by atoms with Gasteiger partial charge in [0.1, 0.15) is 18.7 Å². The smallest absolute Gasteiger partial charge is 0.325 e. The Kier molecular flexibility index (Phi) is 18.7. The lowest BCUT2D eigenvalue weighted by Gasteiger charge is -2.09. The summed E-state index contributed by atoms with van der Waals surface area (Å²) in [4.78, 5) is 39.8. The lowest BCUT2D eigenvalue weighted by Crippen LogP contribution is -2.39. The van der Waals surface area contributed by atoms with E-state index in [9.17, 15) is 19.2 Å². The molecule has 13 heteroatoms. The number of hydrogen-bond acceptors (Lipinski definition) is 10. The summed E-state index contributed by atoms with van der Waals surface area (Å²) >= 11 is 0. The van der Waals surface area contributed by atoms with Crippen LogP contribution in [-0.2, 0) is 23.9 Å². The minimum absolute atomic E-state index is 0.0907. The van der Waals surface area contributed by atoms with E-state index in [2.05, 4.69) is 4.74 Å². The fraction of sp³-hybridized carbons (Fsp3) is 0.714. The second-order valence-corrected chi connectivity index (χ2v) is 5.16. The standard InChI is InChI=1S/C6H13NO4.C4H9NO3.C4H6O4/c1-4(9)3-11-6(10)5(7)2-8;1-2(6)3(5)4(7)8;5-3(6)1-2-4(7)8/h4-5,8-9H,2-3,7H2,1H3;2-3,6H,5H2,1H3,(H,7,8);1-2H2,(H,5,6)(H,7,8)/t4?,5-;2-,3+;/m01./s1. The van der Waals surface area contributed by atoms with Crippen LogP contribution >= 0.6 is 0 Å². The number of esters is 1. The minimum atomic E-state index is -1.18. The Balaban J connectivity index is -0.000000327. The van der Waals surface area contributed by atoms with Crippen LogP contribution in [0.5, 0.6) is 0 Å². The molecule has 0 aliphatic heterocycles. The Morgan fingerprint density at radius 3 is 1.52 bits per heavy atom. The molecule has 0 aliphatic carbocycles. The van der Waals surface area contributed by atoms with E-state index in [1.165, 1.54) is 13.8 Å². The zero-order chi connectivity index (χ0) is 22.2. The van der Waals surface area contributed by atoms with E-state index in [1.807, 2.05) is 0 Å². The highest BCUT2D eigenvalue weighted by Crippen LogP contribution is 1.88. The molecule has 0 amide bonds. The van der Waals surface area contributed by atoms with Crippen molar-refractivity contribution in [3.8, 4) is 0 Å². The zero-order valence-electron chi connectivity index (χ0n) is 15.0. The second kappa shape index (κ2) is 17.1. The molecular weight excluding hydrogens is 372 g/mol. The summed E-state index contributed by atoms with van der Waals surface area (Å²) in [5, 5.41) is 49.4. The highest BCUT2D eigenvalue weighted by Gasteiger charge is 2.16. The van der Waals surface area contributed by atoms with Crippen LogP contribution in [0.15, 0.2) is 0 Å². The average molecular weight is 400 g/mol. The van der Waals surface area contributed by atoms with Gasteiger partial charge in [-0.1, -0.05) is 0 Å². The fourth-order valence-electron chi connectivity index (χ4n) is 0.805. The van der Waals surface area contributed by atoms with Gasteiger partial charge in [-0.15, -0.1) is 0 Å². The van der Waals surface area contributed by atoms with E-state index in [-0.39, 0.29) is 19.4 Å². The number of carbonyl (C=O) groups excluding carboxylic acids is 1. The zero-order valence-corrected chi connectivity index (χ0v) is 15.0. The molecule has 4 atom stereocenters. The number of carbonyl (C=O) groups is 4. The van der Waals surface area contributed by atoms with Crippen molar-refractivity contribution in [2.45, 2.75) is 51.0 Å². The molecule has 0 saturated heterocycles. The molecule has 10 N–H and O–H groups in total. The molecule has 27 heavy (non-hydrogen) atoms. The highest BCUT2D eigenvalue weighted by molar-refractivity contribution is 5.75. The van der Waals surface area contributed by atoms with Crippen molar-refractivity contribution < 1.29 is 54.6 Å². The molecule has 0 aromatic rings. The predicted octanol–water partition coefficient (Wildman–Crippen LogP) is -3.06. The quantitative estimate of drug-likeness (QED) is 0.179. The molecule has 160 valence electrons. The van der Waals surface area contributed by atoms with Gasteiger partial charge in [0.05, 0.1) is 31.7 Å².